The molecule has 20 heavy (non-hydrogen) atoms. The highest BCUT2D eigenvalue weighted by Crippen LogP contribution is 2.28. The Morgan fingerprint density at radius 3 is 2.60 bits per heavy atom. The molecule has 1 N–H and O–H groups in total. The molecule has 1 aromatic carbocycles. The van der Waals surface area contributed by atoms with Crippen LogP contribution < -0.4 is 4.74 Å². The Hall–Kier alpha value is -2.04. The molecule has 0 aliphatic carbocycles. The molecule has 5 nitrogen and oxygen atoms in total. The number of piperidine rings is 1. The lowest BCUT2D eigenvalue weighted by Gasteiger charge is -2.35. The van der Waals surface area contributed by atoms with Crippen molar-refractivity contribution in [1.29, 1.82) is 0 Å². The van der Waals surface area contributed by atoms with Crippen LogP contribution in [0.5, 0.6) is 5.75 Å². The Bertz CT molecular complexity index is 497. The van der Waals surface area contributed by atoms with Crippen molar-refractivity contribution in [3.8, 4) is 5.75 Å². The van der Waals surface area contributed by atoms with Crippen LogP contribution in [0.4, 0.5) is 0 Å². The molecule has 0 aromatic heterocycles. The minimum Gasteiger partial charge on any atom is -0.497 e. The van der Waals surface area contributed by atoms with Crippen LogP contribution in [0.15, 0.2) is 24.3 Å². The van der Waals surface area contributed by atoms with Crippen LogP contribution in [0.1, 0.15) is 31.4 Å². The molecule has 108 valence electrons. The van der Waals surface area contributed by atoms with E-state index in [0.29, 0.717) is 12.8 Å². The first kappa shape index (κ1) is 14.4. The van der Waals surface area contributed by atoms with E-state index in [2.05, 4.69) is 0 Å². The number of ether oxygens (including phenoxy) is 1. The summed E-state index contributed by atoms with van der Waals surface area (Å²) in [5.41, 5.74) is 0.977. The van der Waals surface area contributed by atoms with Gasteiger partial charge in [-0.15, -0.1) is 0 Å². The molecule has 1 heterocycles. The van der Waals surface area contributed by atoms with Gasteiger partial charge in [0.05, 0.1) is 19.1 Å². The number of aliphatic carboxylic acids is 1. The number of carboxylic acids is 1. The number of carboxylic acid groups (broad SMARTS) is 1. The summed E-state index contributed by atoms with van der Waals surface area (Å²) < 4.78 is 5.11. The Balaban J connectivity index is 2.14. The number of carbonyl (C=O) groups is 2. The largest absolute Gasteiger partial charge is 0.497 e. The number of benzene rings is 1. The van der Waals surface area contributed by atoms with E-state index in [-0.39, 0.29) is 18.5 Å². The van der Waals surface area contributed by atoms with Gasteiger partial charge in [0.25, 0.3) is 0 Å². The molecule has 2 atom stereocenters. The van der Waals surface area contributed by atoms with Gasteiger partial charge in [-0.2, -0.15) is 0 Å². The maximum absolute atomic E-state index is 12.0. The lowest BCUT2D eigenvalue weighted by Crippen LogP contribution is -2.43. The summed E-state index contributed by atoms with van der Waals surface area (Å²) in [5, 5.41) is 9.11. The van der Waals surface area contributed by atoms with Gasteiger partial charge in [0.15, 0.2) is 0 Å². The van der Waals surface area contributed by atoms with Crippen LogP contribution in [0.3, 0.4) is 0 Å². The SMILES string of the molecule is COc1ccc([C@H](C)N2CC(C(=O)O)CCC2=O)cc1. The van der Waals surface area contributed by atoms with Gasteiger partial charge in [0, 0.05) is 13.0 Å². The smallest absolute Gasteiger partial charge is 0.308 e. The van der Waals surface area contributed by atoms with Crippen molar-refractivity contribution in [3.05, 3.63) is 29.8 Å². The Labute approximate surface area is 118 Å². The summed E-state index contributed by atoms with van der Waals surface area (Å²) in [6.07, 6.45) is 0.734. The van der Waals surface area contributed by atoms with Crippen LogP contribution in [-0.2, 0) is 9.59 Å². The van der Waals surface area contributed by atoms with Crippen molar-refractivity contribution in [2.24, 2.45) is 5.92 Å². The third kappa shape index (κ3) is 2.92. The van der Waals surface area contributed by atoms with Crippen molar-refractivity contribution >= 4 is 11.9 Å². The van der Waals surface area contributed by atoms with Crippen molar-refractivity contribution in [1.82, 2.24) is 4.90 Å². The van der Waals surface area contributed by atoms with Gasteiger partial charge in [-0.1, -0.05) is 12.1 Å². The maximum Gasteiger partial charge on any atom is 0.308 e. The predicted molar refractivity (Wildman–Crippen MR) is 73.5 cm³/mol. The van der Waals surface area contributed by atoms with Gasteiger partial charge in [-0.05, 0) is 31.0 Å². The standard InChI is InChI=1S/C15H19NO4/c1-10(11-3-6-13(20-2)7-4-11)16-9-12(15(18)19)5-8-14(16)17/h3-4,6-7,10,12H,5,8-9H2,1-2H3,(H,18,19)/t10-,12?/m0/s1. The zero-order chi connectivity index (χ0) is 14.7. The molecule has 1 aliphatic rings. The van der Waals surface area contributed by atoms with Crippen LogP contribution in [0.25, 0.3) is 0 Å². The second kappa shape index (κ2) is 5.94. The molecule has 1 amide bonds. The summed E-state index contributed by atoms with van der Waals surface area (Å²) in [7, 11) is 1.60. The molecular weight excluding hydrogens is 258 g/mol. The fourth-order valence-corrected chi connectivity index (χ4v) is 2.51. The molecular formula is C15H19NO4. The maximum atomic E-state index is 12.0. The van der Waals surface area contributed by atoms with Crippen LogP contribution in [0, 0.1) is 5.92 Å². The minimum atomic E-state index is -0.829. The molecule has 5 heteroatoms. The molecule has 1 unspecified atom stereocenters. The van der Waals surface area contributed by atoms with Crippen LogP contribution in [0.2, 0.25) is 0 Å². The highest BCUT2D eigenvalue weighted by Gasteiger charge is 2.32. The van der Waals surface area contributed by atoms with E-state index >= 15 is 0 Å². The Kier molecular flexibility index (Phi) is 4.27. The molecule has 1 saturated heterocycles. The summed E-state index contributed by atoms with van der Waals surface area (Å²) in [4.78, 5) is 24.8. The predicted octanol–water partition coefficient (Wildman–Crippen LogP) is 2.08. The molecule has 2 rings (SSSR count). The summed E-state index contributed by atoms with van der Waals surface area (Å²) >= 11 is 0. The monoisotopic (exact) mass is 277 g/mol. The van der Waals surface area contributed by atoms with E-state index < -0.39 is 11.9 Å². The van der Waals surface area contributed by atoms with E-state index in [4.69, 9.17) is 9.84 Å². The van der Waals surface area contributed by atoms with Crippen molar-refractivity contribution < 1.29 is 19.4 Å². The van der Waals surface area contributed by atoms with E-state index in [1.807, 2.05) is 31.2 Å². The number of nitrogens with zero attached hydrogens (tertiary/aromatic N) is 1. The molecule has 0 radical (unpaired) electrons. The quantitative estimate of drug-likeness (QED) is 0.915. The van der Waals surface area contributed by atoms with Gasteiger partial charge in [0.2, 0.25) is 5.91 Å². The highest BCUT2D eigenvalue weighted by molar-refractivity contribution is 5.80. The van der Waals surface area contributed by atoms with Crippen LogP contribution in [-0.4, -0.2) is 35.5 Å². The lowest BCUT2D eigenvalue weighted by atomic mass is 9.95. The number of hydrogen-bond donors (Lipinski definition) is 1. The van der Waals surface area contributed by atoms with Gasteiger partial charge in [0.1, 0.15) is 5.75 Å². The van der Waals surface area contributed by atoms with Gasteiger partial charge >= 0.3 is 5.97 Å². The average molecular weight is 277 g/mol. The summed E-state index contributed by atoms with van der Waals surface area (Å²) in [5.74, 6) is -0.516. The lowest BCUT2D eigenvalue weighted by molar-refractivity contribution is -0.148. The second-order valence-corrected chi connectivity index (χ2v) is 5.07. The fourth-order valence-electron chi connectivity index (χ4n) is 2.51. The van der Waals surface area contributed by atoms with Gasteiger partial charge < -0.3 is 14.7 Å². The topological polar surface area (TPSA) is 66.8 Å². The zero-order valence-electron chi connectivity index (χ0n) is 11.7. The van der Waals surface area contributed by atoms with E-state index in [1.165, 1.54) is 0 Å². The summed E-state index contributed by atoms with van der Waals surface area (Å²) in [6, 6.07) is 7.36. The molecule has 0 bridgehead atoms. The number of likely N-dealkylation sites (tertiary alicyclic amines) is 1. The molecule has 1 fully saturated rings. The first-order valence-corrected chi connectivity index (χ1v) is 6.69. The highest BCUT2D eigenvalue weighted by atomic mass is 16.5. The third-order valence-electron chi connectivity index (χ3n) is 3.86. The first-order valence-electron chi connectivity index (χ1n) is 6.69. The number of hydrogen-bond acceptors (Lipinski definition) is 3. The minimum absolute atomic E-state index is 0.0193. The first-order chi connectivity index (χ1) is 9.52. The van der Waals surface area contributed by atoms with E-state index in [0.717, 1.165) is 11.3 Å². The van der Waals surface area contributed by atoms with Crippen LogP contribution >= 0.6 is 0 Å². The van der Waals surface area contributed by atoms with Crippen molar-refractivity contribution in [2.45, 2.75) is 25.8 Å². The molecule has 1 aliphatic heterocycles. The number of rotatable bonds is 4. The fraction of sp³-hybridized carbons (Fsp3) is 0.467. The Morgan fingerprint density at radius 1 is 1.40 bits per heavy atom. The second-order valence-electron chi connectivity index (χ2n) is 5.07. The number of amides is 1. The Morgan fingerprint density at radius 2 is 2.05 bits per heavy atom. The van der Waals surface area contributed by atoms with E-state index in [1.54, 1.807) is 12.0 Å². The molecule has 0 saturated carbocycles. The zero-order valence-corrected chi connectivity index (χ0v) is 11.7. The van der Waals surface area contributed by atoms with Crippen molar-refractivity contribution in [2.75, 3.05) is 13.7 Å². The van der Waals surface area contributed by atoms with Gasteiger partial charge in [-0.25, -0.2) is 0 Å². The molecule has 0 spiro atoms. The van der Waals surface area contributed by atoms with E-state index in [9.17, 15) is 9.59 Å². The third-order valence-corrected chi connectivity index (χ3v) is 3.86. The summed E-state index contributed by atoms with van der Waals surface area (Å²) in [6.45, 7) is 2.20. The molecule has 1 aromatic rings. The average Bonchev–Trinajstić information content (AvgIpc) is 2.47. The normalized spacial score (nSPS) is 20.6. The van der Waals surface area contributed by atoms with Crippen molar-refractivity contribution in [3.63, 3.8) is 0 Å². The number of methoxy groups -OCH3 is 1. The number of carbonyl (C=O) groups excluding carboxylic acids is 1. The van der Waals surface area contributed by atoms with Gasteiger partial charge in [-0.3, -0.25) is 9.59 Å².